The Morgan fingerprint density at radius 1 is 1.07 bits per heavy atom. The number of rotatable bonds is 5. The minimum atomic E-state index is -0.344. The van der Waals surface area contributed by atoms with Gasteiger partial charge in [-0.25, -0.2) is 4.79 Å². The Labute approximate surface area is 175 Å². The fourth-order valence-electron chi connectivity index (χ4n) is 3.88. The van der Waals surface area contributed by atoms with Crippen LogP contribution < -0.4 is 9.47 Å². The number of Topliss-reactive ketones (excluding diaryl/α,β-unsaturated/α-hetero) is 1. The number of esters is 1. The largest absolute Gasteiger partial charge is 0.497 e. The first-order valence-electron chi connectivity index (χ1n) is 10.0. The quantitative estimate of drug-likeness (QED) is 0.690. The van der Waals surface area contributed by atoms with Crippen molar-refractivity contribution in [2.24, 2.45) is 5.92 Å². The molecule has 1 aliphatic carbocycles. The normalized spacial score (nSPS) is 22.9. The summed E-state index contributed by atoms with van der Waals surface area (Å²) in [6.45, 7) is 1.93. The second-order valence-electron chi connectivity index (χ2n) is 7.61. The summed E-state index contributed by atoms with van der Waals surface area (Å²) in [6.07, 6.45) is 2.47. The van der Waals surface area contributed by atoms with Gasteiger partial charge in [0.25, 0.3) is 0 Å². The molecule has 6 heteroatoms. The van der Waals surface area contributed by atoms with Crippen molar-refractivity contribution < 1.29 is 28.5 Å². The van der Waals surface area contributed by atoms with E-state index in [1.54, 1.807) is 43.5 Å². The molecule has 0 saturated heterocycles. The molecule has 1 fully saturated rings. The summed E-state index contributed by atoms with van der Waals surface area (Å²) in [7, 11) is 1.59. The molecule has 30 heavy (non-hydrogen) atoms. The van der Waals surface area contributed by atoms with Gasteiger partial charge in [-0.15, -0.1) is 0 Å². The van der Waals surface area contributed by atoms with Crippen molar-refractivity contribution in [3.05, 3.63) is 71.7 Å². The van der Waals surface area contributed by atoms with Crippen LogP contribution in [-0.4, -0.2) is 31.1 Å². The molecule has 1 aliphatic heterocycles. The van der Waals surface area contributed by atoms with Gasteiger partial charge < -0.3 is 18.9 Å². The van der Waals surface area contributed by atoms with Crippen LogP contribution in [0.4, 0.5) is 0 Å². The fourth-order valence-corrected chi connectivity index (χ4v) is 3.88. The number of ether oxygens (including phenoxy) is 4. The van der Waals surface area contributed by atoms with Crippen LogP contribution in [0.2, 0.25) is 0 Å². The molecule has 3 unspecified atom stereocenters. The Morgan fingerprint density at radius 2 is 1.83 bits per heavy atom. The molecule has 0 aromatic heterocycles. The number of hydrogen-bond acceptors (Lipinski definition) is 6. The van der Waals surface area contributed by atoms with E-state index in [1.807, 2.05) is 19.1 Å². The molecule has 156 valence electrons. The van der Waals surface area contributed by atoms with Gasteiger partial charge in [0.2, 0.25) is 11.5 Å². The number of ketones is 1. The summed E-state index contributed by atoms with van der Waals surface area (Å²) in [6, 6.07) is 14.3. The molecule has 0 spiro atoms. The Morgan fingerprint density at radius 3 is 2.57 bits per heavy atom. The van der Waals surface area contributed by atoms with Crippen LogP contribution in [0.25, 0.3) is 0 Å². The smallest absolute Gasteiger partial charge is 0.338 e. The maximum atomic E-state index is 12.9. The monoisotopic (exact) mass is 408 g/mol. The first-order valence-corrected chi connectivity index (χ1v) is 10.0. The molecule has 2 aromatic rings. The van der Waals surface area contributed by atoms with Crippen LogP contribution in [0.1, 0.15) is 35.2 Å². The van der Waals surface area contributed by atoms with Crippen molar-refractivity contribution >= 4 is 11.8 Å². The first kappa shape index (κ1) is 20.0. The van der Waals surface area contributed by atoms with E-state index in [2.05, 4.69) is 0 Å². The van der Waals surface area contributed by atoms with Crippen molar-refractivity contribution in [3.8, 4) is 11.5 Å². The lowest BCUT2D eigenvalue weighted by atomic mass is 9.80. The highest BCUT2D eigenvalue weighted by atomic mass is 16.6. The van der Waals surface area contributed by atoms with Gasteiger partial charge >= 0.3 is 5.97 Å². The Hall–Kier alpha value is -3.28. The van der Waals surface area contributed by atoms with E-state index in [9.17, 15) is 9.59 Å². The van der Waals surface area contributed by atoms with E-state index in [4.69, 9.17) is 18.9 Å². The van der Waals surface area contributed by atoms with Crippen molar-refractivity contribution in [2.45, 2.75) is 38.4 Å². The lowest BCUT2D eigenvalue weighted by Gasteiger charge is -2.36. The standard InChI is InChI=1S/C24H24O6/c1-15-4-3-5-16(12-15)24(26)30-19-10-11-20-21(13-19)28-14-22(23(20)25)29-18-8-6-17(27-2)7-9-18/h3-9,12,14,19-21H,10-11,13H2,1-2H3. The van der Waals surface area contributed by atoms with Crippen LogP contribution in [-0.2, 0) is 14.3 Å². The van der Waals surface area contributed by atoms with Gasteiger partial charge in [0.1, 0.15) is 30.0 Å². The summed E-state index contributed by atoms with van der Waals surface area (Å²) >= 11 is 0. The van der Waals surface area contributed by atoms with Gasteiger partial charge in [0.05, 0.1) is 18.6 Å². The number of benzene rings is 2. The zero-order chi connectivity index (χ0) is 21.1. The molecule has 0 bridgehead atoms. The molecule has 6 nitrogen and oxygen atoms in total. The van der Waals surface area contributed by atoms with Crippen LogP contribution in [0.5, 0.6) is 11.5 Å². The molecule has 4 rings (SSSR count). The molecule has 0 amide bonds. The topological polar surface area (TPSA) is 71.1 Å². The zero-order valence-electron chi connectivity index (χ0n) is 17.0. The van der Waals surface area contributed by atoms with E-state index in [1.165, 1.54) is 6.26 Å². The number of aryl methyl sites for hydroxylation is 1. The average Bonchev–Trinajstić information content (AvgIpc) is 2.76. The van der Waals surface area contributed by atoms with Crippen LogP contribution in [0.15, 0.2) is 60.6 Å². The molecular weight excluding hydrogens is 384 g/mol. The third-order valence-electron chi connectivity index (χ3n) is 5.49. The third kappa shape index (κ3) is 4.32. The summed E-state index contributed by atoms with van der Waals surface area (Å²) in [5.41, 5.74) is 1.54. The van der Waals surface area contributed by atoms with Crippen molar-refractivity contribution in [2.75, 3.05) is 7.11 Å². The Bertz CT molecular complexity index is 962. The molecule has 1 saturated carbocycles. The Balaban J connectivity index is 1.37. The molecule has 0 radical (unpaired) electrons. The van der Waals surface area contributed by atoms with Crippen molar-refractivity contribution in [3.63, 3.8) is 0 Å². The van der Waals surface area contributed by atoms with Gasteiger partial charge in [-0.2, -0.15) is 0 Å². The molecular formula is C24H24O6. The molecule has 2 aromatic carbocycles. The molecule has 1 heterocycles. The van der Waals surface area contributed by atoms with E-state index in [0.29, 0.717) is 36.3 Å². The second-order valence-corrected chi connectivity index (χ2v) is 7.61. The van der Waals surface area contributed by atoms with Crippen LogP contribution in [0, 0.1) is 12.8 Å². The summed E-state index contributed by atoms with van der Waals surface area (Å²) < 4.78 is 22.3. The highest BCUT2D eigenvalue weighted by Gasteiger charge is 2.42. The highest BCUT2D eigenvalue weighted by Crippen LogP contribution is 2.35. The van der Waals surface area contributed by atoms with Gasteiger partial charge in [0.15, 0.2) is 0 Å². The van der Waals surface area contributed by atoms with Crippen molar-refractivity contribution in [1.82, 2.24) is 0 Å². The number of carbonyl (C=O) groups excluding carboxylic acids is 2. The van der Waals surface area contributed by atoms with E-state index in [0.717, 1.165) is 5.56 Å². The third-order valence-corrected chi connectivity index (χ3v) is 5.49. The minimum absolute atomic E-state index is 0.0782. The Kier molecular flexibility index (Phi) is 5.74. The van der Waals surface area contributed by atoms with Crippen LogP contribution >= 0.6 is 0 Å². The maximum absolute atomic E-state index is 12.9. The van der Waals surface area contributed by atoms with E-state index >= 15 is 0 Å². The lowest BCUT2D eigenvalue weighted by molar-refractivity contribution is -0.132. The lowest BCUT2D eigenvalue weighted by Crippen LogP contribution is -2.43. The second kappa shape index (κ2) is 8.61. The molecule has 2 aliphatic rings. The van der Waals surface area contributed by atoms with Gasteiger partial charge in [-0.05, 0) is 56.2 Å². The zero-order valence-corrected chi connectivity index (χ0v) is 17.0. The van der Waals surface area contributed by atoms with E-state index < -0.39 is 0 Å². The van der Waals surface area contributed by atoms with E-state index in [-0.39, 0.29) is 35.6 Å². The van der Waals surface area contributed by atoms with Gasteiger partial charge in [0, 0.05) is 6.42 Å². The minimum Gasteiger partial charge on any atom is -0.497 e. The SMILES string of the molecule is COc1ccc(OC2=COC3CC(OC(=O)c4cccc(C)c4)CCC3C2=O)cc1. The van der Waals surface area contributed by atoms with Gasteiger partial charge in [-0.3, -0.25) is 4.79 Å². The highest BCUT2D eigenvalue weighted by molar-refractivity contribution is 5.96. The summed E-state index contributed by atoms with van der Waals surface area (Å²) in [5, 5.41) is 0. The van der Waals surface area contributed by atoms with Gasteiger partial charge in [-0.1, -0.05) is 17.7 Å². The summed E-state index contributed by atoms with van der Waals surface area (Å²) in [4.78, 5) is 25.3. The maximum Gasteiger partial charge on any atom is 0.338 e. The van der Waals surface area contributed by atoms with Crippen LogP contribution in [0.3, 0.4) is 0 Å². The predicted octanol–water partition coefficient (Wildman–Crippen LogP) is 4.22. The molecule has 3 atom stereocenters. The number of fused-ring (bicyclic) bond motifs is 1. The number of allylic oxidation sites excluding steroid dienone is 1. The predicted molar refractivity (Wildman–Crippen MR) is 109 cm³/mol. The molecule has 0 N–H and O–H groups in total. The fraction of sp³-hybridized carbons (Fsp3) is 0.333. The first-order chi connectivity index (χ1) is 14.5. The van der Waals surface area contributed by atoms with Crippen molar-refractivity contribution in [1.29, 1.82) is 0 Å². The average molecular weight is 408 g/mol. The number of methoxy groups -OCH3 is 1. The number of carbonyl (C=O) groups is 2. The summed E-state index contributed by atoms with van der Waals surface area (Å²) in [5.74, 6) is 0.724. The number of hydrogen-bond donors (Lipinski definition) is 0.